The van der Waals surface area contributed by atoms with E-state index in [4.69, 9.17) is 5.73 Å². The molecule has 0 aliphatic carbocycles. The van der Waals surface area contributed by atoms with Gasteiger partial charge in [0.05, 0.1) is 18.3 Å². The average molecular weight is 306 g/mol. The van der Waals surface area contributed by atoms with Gasteiger partial charge in [-0.3, -0.25) is 9.48 Å². The lowest BCUT2D eigenvalue weighted by atomic mass is 10.1. The van der Waals surface area contributed by atoms with E-state index < -0.39 is 0 Å². The summed E-state index contributed by atoms with van der Waals surface area (Å²) >= 11 is 0. The molecule has 1 aliphatic rings. The molecule has 1 fully saturated rings. The molecule has 5 nitrogen and oxygen atoms in total. The van der Waals surface area contributed by atoms with E-state index in [2.05, 4.69) is 17.2 Å². The number of benzene rings is 2. The third-order valence-corrected chi connectivity index (χ3v) is 4.34. The van der Waals surface area contributed by atoms with Crippen LogP contribution in [0.25, 0.3) is 10.9 Å². The smallest absolute Gasteiger partial charge is 0.227 e. The highest BCUT2D eigenvalue weighted by atomic mass is 16.2. The van der Waals surface area contributed by atoms with Gasteiger partial charge in [-0.15, -0.1) is 0 Å². The molecule has 1 aromatic heterocycles. The van der Waals surface area contributed by atoms with Gasteiger partial charge in [0, 0.05) is 29.7 Å². The summed E-state index contributed by atoms with van der Waals surface area (Å²) in [5.74, 6) is 0.165. The van der Waals surface area contributed by atoms with Crippen LogP contribution in [0.3, 0.4) is 0 Å². The van der Waals surface area contributed by atoms with Crippen LogP contribution in [0.15, 0.2) is 48.7 Å². The molecule has 3 aromatic rings. The van der Waals surface area contributed by atoms with Crippen molar-refractivity contribution in [2.24, 2.45) is 0 Å². The van der Waals surface area contributed by atoms with E-state index in [1.54, 1.807) is 6.20 Å². The van der Waals surface area contributed by atoms with Crippen molar-refractivity contribution in [2.45, 2.75) is 19.4 Å². The van der Waals surface area contributed by atoms with Crippen LogP contribution in [0.2, 0.25) is 0 Å². The summed E-state index contributed by atoms with van der Waals surface area (Å²) in [6.07, 6.45) is 3.31. The van der Waals surface area contributed by atoms with Gasteiger partial charge in [0.2, 0.25) is 5.91 Å². The molecule has 0 unspecified atom stereocenters. The number of hydrogen-bond donors (Lipinski definition) is 1. The fourth-order valence-electron chi connectivity index (χ4n) is 3.15. The number of carbonyl (C=O) groups is 1. The van der Waals surface area contributed by atoms with Crippen molar-refractivity contribution in [1.29, 1.82) is 0 Å². The van der Waals surface area contributed by atoms with Gasteiger partial charge in [0.25, 0.3) is 0 Å². The van der Waals surface area contributed by atoms with Crippen LogP contribution in [0, 0.1) is 0 Å². The Morgan fingerprint density at radius 1 is 1.17 bits per heavy atom. The first-order valence-corrected chi connectivity index (χ1v) is 7.82. The van der Waals surface area contributed by atoms with Crippen LogP contribution in [0.4, 0.5) is 11.4 Å². The SMILES string of the molecule is Nc1cc(N2CCCC2=O)cc2c1cnn2Cc1ccccc1. The summed E-state index contributed by atoms with van der Waals surface area (Å²) in [5.41, 5.74) is 9.86. The second kappa shape index (κ2) is 5.43. The molecule has 0 radical (unpaired) electrons. The van der Waals surface area contributed by atoms with Gasteiger partial charge in [-0.25, -0.2) is 0 Å². The van der Waals surface area contributed by atoms with Gasteiger partial charge in [-0.2, -0.15) is 5.10 Å². The number of nitrogens with two attached hydrogens (primary N) is 1. The van der Waals surface area contributed by atoms with Gasteiger partial charge < -0.3 is 10.6 Å². The van der Waals surface area contributed by atoms with Crippen molar-refractivity contribution >= 4 is 28.2 Å². The van der Waals surface area contributed by atoms with Crippen LogP contribution in [-0.2, 0) is 11.3 Å². The molecule has 116 valence electrons. The third kappa shape index (κ3) is 2.44. The monoisotopic (exact) mass is 306 g/mol. The number of aromatic nitrogens is 2. The fraction of sp³-hybridized carbons (Fsp3) is 0.222. The van der Waals surface area contributed by atoms with E-state index in [1.165, 1.54) is 5.56 Å². The Hall–Kier alpha value is -2.82. The number of amides is 1. The normalized spacial score (nSPS) is 14.8. The van der Waals surface area contributed by atoms with Gasteiger partial charge in [-0.05, 0) is 24.1 Å². The second-order valence-electron chi connectivity index (χ2n) is 5.90. The molecular formula is C18H18N4O. The van der Waals surface area contributed by atoms with Crippen molar-refractivity contribution in [3.8, 4) is 0 Å². The molecule has 2 aromatic carbocycles. The van der Waals surface area contributed by atoms with Crippen LogP contribution in [0.1, 0.15) is 18.4 Å². The zero-order valence-corrected chi connectivity index (χ0v) is 12.8. The Morgan fingerprint density at radius 3 is 2.74 bits per heavy atom. The predicted molar refractivity (Wildman–Crippen MR) is 91.3 cm³/mol. The summed E-state index contributed by atoms with van der Waals surface area (Å²) in [4.78, 5) is 13.8. The average Bonchev–Trinajstić information content (AvgIpc) is 3.15. The fourth-order valence-corrected chi connectivity index (χ4v) is 3.15. The minimum Gasteiger partial charge on any atom is -0.398 e. The highest BCUT2D eigenvalue weighted by molar-refractivity contribution is 6.00. The van der Waals surface area contributed by atoms with E-state index in [0.717, 1.165) is 29.6 Å². The van der Waals surface area contributed by atoms with Crippen molar-refractivity contribution in [2.75, 3.05) is 17.2 Å². The highest BCUT2D eigenvalue weighted by Crippen LogP contribution is 2.30. The first kappa shape index (κ1) is 13.8. The van der Waals surface area contributed by atoms with Crippen LogP contribution >= 0.6 is 0 Å². The lowest BCUT2D eigenvalue weighted by Gasteiger charge is -2.17. The van der Waals surface area contributed by atoms with E-state index in [1.807, 2.05) is 39.9 Å². The highest BCUT2D eigenvalue weighted by Gasteiger charge is 2.23. The number of rotatable bonds is 3. The maximum absolute atomic E-state index is 12.0. The van der Waals surface area contributed by atoms with Gasteiger partial charge >= 0.3 is 0 Å². The summed E-state index contributed by atoms with van der Waals surface area (Å²) in [6.45, 7) is 1.44. The van der Waals surface area contributed by atoms with E-state index in [-0.39, 0.29) is 5.91 Å². The maximum Gasteiger partial charge on any atom is 0.227 e. The Labute approximate surface area is 134 Å². The quantitative estimate of drug-likeness (QED) is 0.757. The number of anilines is 2. The van der Waals surface area contributed by atoms with E-state index in [0.29, 0.717) is 18.7 Å². The molecule has 0 spiro atoms. The molecule has 2 heterocycles. The zero-order valence-electron chi connectivity index (χ0n) is 12.8. The van der Waals surface area contributed by atoms with Crippen LogP contribution in [0.5, 0.6) is 0 Å². The van der Waals surface area contributed by atoms with E-state index >= 15 is 0 Å². The second-order valence-corrected chi connectivity index (χ2v) is 5.90. The van der Waals surface area contributed by atoms with E-state index in [9.17, 15) is 4.79 Å². The summed E-state index contributed by atoms with van der Waals surface area (Å²) in [5, 5.41) is 5.40. The van der Waals surface area contributed by atoms with Crippen molar-refractivity contribution in [3.05, 3.63) is 54.2 Å². The number of nitrogens with zero attached hydrogens (tertiary/aromatic N) is 3. The summed E-state index contributed by atoms with van der Waals surface area (Å²) in [6, 6.07) is 14.1. The Kier molecular flexibility index (Phi) is 3.26. The Morgan fingerprint density at radius 2 is 2.00 bits per heavy atom. The van der Waals surface area contributed by atoms with Crippen molar-refractivity contribution in [1.82, 2.24) is 9.78 Å². The standard InChI is InChI=1S/C18H18N4O/c19-16-9-14(21-8-4-7-18(21)23)10-17-15(16)11-20-22(17)12-13-5-2-1-3-6-13/h1-3,5-6,9-11H,4,7-8,12,19H2. The first-order chi connectivity index (χ1) is 11.2. The zero-order chi connectivity index (χ0) is 15.8. The lowest BCUT2D eigenvalue weighted by molar-refractivity contribution is -0.117. The van der Waals surface area contributed by atoms with Crippen molar-refractivity contribution < 1.29 is 4.79 Å². The van der Waals surface area contributed by atoms with Crippen molar-refractivity contribution in [3.63, 3.8) is 0 Å². The Bertz CT molecular complexity index is 869. The molecule has 1 saturated heterocycles. The summed E-state index contributed by atoms with van der Waals surface area (Å²) < 4.78 is 1.94. The molecule has 0 saturated carbocycles. The number of fused-ring (bicyclic) bond motifs is 1. The molecule has 23 heavy (non-hydrogen) atoms. The molecule has 2 N–H and O–H groups in total. The number of carbonyl (C=O) groups excluding carboxylic acids is 1. The molecule has 5 heteroatoms. The largest absolute Gasteiger partial charge is 0.398 e. The van der Waals surface area contributed by atoms with Crippen LogP contribution < -0.4 is 10.6 Å². The topological polar surface area (TPSA) is 64.2 Å². The number of hydrogen-bond acceptors (Lipinski definition) is 3. The molecular weight excluding hydrogens is 288 g/mol. The van der Waals surface area contributed by atoms with Gasteiger partial charge in [0.1, 0.15) is 0 Å². The molecule has 1 aliphatic heterocycles. The van der Waals surface area contributed by atoms with Crippen LogP contribution in [-0.4, -0.2) is 22.2 Å². The molecule has 4 rings (SSSR count). The predicted octanol–water partition coefficient (Wildman–Crippen LogP) is 2.79. The first-order valence-electron chi connectivity index (χ1n) is 7.82. The van der Waals surface area contributed by atoms with Gasteiger partial charge in [0.15, 0.2) is 0 Å². The number of nitrogen functional groups attached to an aromatic ring is 1. The summed E-state index contributed by atoms with van der Waals surface area (Å²) in [7, 11) is 0. The molecule has 0 bridgehead atoms. The Balaban J connectivity index is 1.77. The third-order valence-electron chi connectivity index (χ3n) is 4.34. The van der Waals surface area contributed by atoms with Gasteiger partial charge in [-0.1, -0.05) is 30.3 Å². The molecule has 0 atom stereocenters. The minimum atomic E-state index is 0.165. The molecule has 1 amide bonds. The minimum absolute atomic E-state index is 0.165. The maximum atomic E-state index is 12.0. The lowest BCUT2D eigenvalue weighted by Crippen LogP contribution is -2.23.